The smallest absolute Gasteiger partial charge is 0.109 e. The van der Waals surface area contributed by atoms with Gasteiger partial charge in [0.15, 0.2) is 0 Å². The van der Waals surface area contributed by atoms with Gasteiger partial charge in [0, 0.05) is 46.0 Å². The van der Waals surface area contributed by atoms with E-state index in [-0.39, 0.29) is 12.0 Å². The maximum atomic E-state index is 10.9. The minimum Gasteiger partial charge on any atom is -0.493 e. The van der Waals surface area contributed by atoms with Gasteiger partial charge in [-0.05, 0) is 48.1 Å². The lowest BCUT2D eigenvalue weighted by molar-refractivity contribution is 0.0954. The molecule has 3 heterocycles. The van der Waals surface area contributed by atoms with E-state index in [0.29, 0.717) is 17.4 Å². The van der Waals surface area contributed by atoms with E-state index in [1.165, 1.54) is 21.9 Å². The number of hydrogen-bond acceptors (Lipinski definition) is 3. The fourth-order valence-electron chi connectivity index (χ4n) is 7.34. The Labute approximate surface area is 245 Å². The number of para-hydroxylation sites is 2. The molecule has 0 bridgehead atoms. The van der Waals surface area contributed by atoms with Gasteiger partial charge in [0.2, 0.25) is 0 Å². The van der Waals surface area contributed by atoms with Crippen molar-refractivity contribution in [2.24, 2.45) is 17.8 Å². The lowest BCUT2D eigenvalue weighted by Gasteiger charge is -2.26. The fraction of sp³-hybridized carbons (Fsp3) is 0.211. The summed E-state index contributed by atoms with van der Waals surface area (Å²) in [6, 6.07) is 29.8. The van der Waals surface area contributed by atoms with Gasteiger partial charge in [-0.2, -0.15) is 5.26 Å². The third-order valence-electron chi connectivity index (χ3n) is 9.31. The van der Waals surface area contributed by atoms with Gasteiger partial charge in [-0.15, -0.1) is 0 Å². The van der Waals surface area contributed by atoms with E-state index in [0.717, 1.165) is 52.1 Å². The van der Waals surface area contributed by atoms with Crippen LogP contribution in [0.4, 0.5) is 0 Å². The average Bonchev–Trinajstić information content (AvgIpc) is 3.54. The maximum absolute atomic E-state index is 10.9. The number of fused-ring (bicyclic) bond motifs is 5. The van der Waals surface area contributed by atoms with Crippen molar-refractivity contribution in [2.45, 2.75) is 32.8 Å². The average molecular weight is 546 g/mol. The minimum absolute atomic E-state index is 0.218. The van der Waals surface area contributed by atoms with Crippen molar-refractivity contribution in [3.05, 3.63) is 126 Å². The van der Waals surface area contributed by atoms with Crippen LogP contribution in [0.3, 0.4) is 0 Å². The Bertz CT molecular complexity index is 1970. The van der Waals surface area contributed by atoms with E-state index in [1.54, 1.807) is 6.20 Å². The summed E-state index contributed by atoms with van der Waals surface area (Å²) in [5.41, 5.74) is 9.03. The monoisotopic (exact) mass is 545 g/mol. The van der Waals surface area contributed by atoms with Crippen LogP contribution < -0.4 is 0 Å². The van der Waals surface area contributed by atoms with Gasteiger partial charge in [0.1, 0.15) is 17.9 Å². The van der Waals surface area contributed by atoms with Crippen molar-refractivity contribution in [3.63, 3.8) is 0 Å². The molecule has 4 atom stereocenters. The molecule has 0 fully saturated rings. The lowest BCUT2D eigenvalue weighted by Crippen LogP contribution is -2.23. The molecule has 5 aromatic rings. The quantitative estimate of drug-likeness (QED) is 0.213. The molecule has 0 amide bonds. The molecular weight excluding hydrogens is 514 g/mol. The molecule has 0 saturated carbocycles. The van der Waals surface area contributed by atoms with Gasteiger partial charge in [0.25, 0.3) is 0 Å². The minimum atomic E-state index is 0.218. The van der Waals surface area contributed by atoms with Crippen LogP contribution >= 0.6 is 0 Å². The Morgan fingerprint density at radius 3 is 2.29 bits per heavy atom. The topological polar surface area (TPSA) is 50.8 Å². The molecule has 0 radical (unpaired) electrons. The molecule has 0 N–H and O–H groups in total. The van der Waals surface area contributed by atoms with Crippen LogP contribution in [0, 0.1) is 29.1 Å². The molecule has 2 aromatic heterocycles. The molecule has 204 valence electrons. The molecule has 2 aliphatic carbocycles. The summed E-state index contributed by atoms with van der Waals surface area (Å²) in [4.78, 5) is 4.65. The van der Waals surface area contributed by atoms with Crippen LogP contribution in [0.15, 0.2) is 115 Å². The molecule has 4 unspecified atom stereocenters. The number of pyridine rings is 1. The van der Waals surface area contributed by atoms with E-state index < -0.39 is 0 Å². The maximum Gasteiger partial charge on any atom is 0.109 e. The van der Waals surface area contributed by atoms with Gasteiger partial charge in [-0.1, -0.05) is 86.7 Å². The van der Waals surface area contributed by atoms with Gasteiger partial charge < -0.3 is 9.30 Å². The second-order valence-electron chi connectivity index (χ2n) is 11.9. The van der Waals surface area contributed by atoms with E-state index >= 15 is 0 Å². The molecule has 0 spiro atoms. The highest BCUT2D eigenvalue weighted by atomic mass is 16.5. The predicted molar refractivity (Wildman–Crippen MR) is 169 cm³/mol. The van der Waals surface area contributed by atoms with Crippen LogP contribution in [-0.4, -0.2) is 15.7 Å². The van der Waals surface area contributed by atoms with Crippen LogP contribution in [0.5, 0.6) is 0 Å². The second kappa shape index (κ2) is 9.60. The summed E-state index contributed by atoms with van der Waals surface area (Å²) in [6.07, 6.45) is 11.0. The van der Waals surface area contributed by atoms with E-state index in [1.807, 2.05) is 18.2 Å². The van der Waals surface area contributed by atoms with Crippen molar-refractivity contribution in [2.75, 3.05) is 0 Å². The van der Waals surface area contributed by atoms with Crippen LogP contribution in [0.2, 0.25) is 0 Å². The predicted octanol–water partition coefficient (Wildman–Crippen LogP) is 9.01. The first kappa shape index (κ1) is 24.9. The normalized spacial score (nSPS) is 22.9. The SMILES string of the molecule is CC1C=CC2C3=C(CC(C)C(c4ccc(-c5ccccn5)c(C#N)c4-n4c5ccccc5c5ccccc54)=C3)OC2C1. The Morgan fingerprint density at radius 1 is 0.857 bits per heavy atom. The number of nitrogens with zero attached hydrogens (tertiary/aromatic N) is 3. The number of allylic oxidation sites excluding steroid dienone is 4. The number of rotatable bonds is 3. The summed E-state index contributed by atoms with van der Waals surface area (Å²) in [5, 5.41) is 13.2. The molecule has 3 aromatic carbocycles. The molecule has 4 nitrogen and oxygen atoms in total. The van der Waals surface area contributed by atoms with Gasteiger partial charge in [0.05, 0.1) is 28.0 Å². The zero-order valence-electron chi connectivity index (χ0n) is 23.8. The van der Waals surface area contributed by atoms with Crippen LogP contribution in [0.1, 0.15) is 37.8 Å². The first-order valence-electron chi connectivity index (χ1n) is 14.9. The number of hydrogen-bond donors (Lipinski definition) is 0. The molecule has 1 aliphatic heterocycles. The highest BCUT2D eigenvalue weighted by molar-refractivity contribution is 6.10. The summed E-state index contributed by atoms with van der Waals surface area (Å²) in [7, 11) is 0. The molecule has 0 saturated heterocycles. The number of ether oxygens (including phenoxy) is 1. The van der Waals surface area contributed by atoms with Crippen molar-refractivity contribution in [1.29, 1.82) is 5.26 Å². The van der Waals surface area contributed by atoms with E-state index in [9.17, 15) is 5.26 Å². The Hall–Kier alpha value is -4.88. The second-order valence-corrected chi connectivity index (χ2v) is 11.9. The highest BCUT2D eigenvalue weighted by Crippen LogP contribution is 2.49. The summed E-state index contributed by atoms with van der Waals surface area (Å²) in [6.45, 7) is 4.55. The molecule has 42 heavy (non-hydrogen) atoms. The van der Waals surface area contributed by atoms with E-state index in [2.05, 4.69) is 108 Å². The number of aromatic nitrogens is 2. The zero-order chi connectivity index (χ0) is 28.4. The Balaban J connectivity index is 1.44. The standard InChI is InChI=1S/C38H31N3O/c1-23-14-15-28-31-21-30(24(2)20-37(31)42-36(28)19-23)29-17-16-25(33-11-7-8-18-40-33)32(22-39)38(29)41-34-12-5-3-9-26(34)27-10-4-6-13-35(27)41/h3-18,21,23-24,28,36H,19-20H2,1-2H3. The van der Waals surface area contributed by atoms with Crippen molar-refractivity contribution < 1.29 is 4.74 Å². The first-order valence-corrected chi connectivity index (χ1v) is 14.9. The first-order chi connectivity index (χ1) is 20.6. The molecule has 8 rings (SSSR count). The van der Waals surface area contributed by atoms with Gasteiger partial charge >= 0.3 is 0 Å². The van der Waals surface area contributed by atoms with E-state index in [4.69, 9.17) is 4.74 Å². The Kier molecular flexibility index (Phi) is 5.69. The number of benzene rings is 3. The van der Waals surface area contributed by atoms with Crippen LogP contribution in [0.25, 0.3) is 44.3 Å². The third kappa shape index (κ3) is 3.70. The number of nitriles is 1. The van der Waals surface area contributed by atoms with Crippen molar-refractivity contribution in [1.82, 2.24) is 9.55 Å². The summed E-state index contributed by atoms with van der Waals surface area (Å²) >= 11 is 0. The molecular formula is C38H31N3O. The molecule has 4 heteroatoms. The Morgan fingerprint density at radius 2 is 1.57 bits per heavy atom. The third-order valence-corrected chi connectivity index (χ3v) is 9.31. The van der Waals surface area contributed by atoms with Gasteiger partial charge in [-0.3, -0.25) is 4.98 Å². The van der Waals surface area contributed by atoms with Crippen LogP contribution in [-0.2, 0) is 4.74 Å². The highest BCUT2D eigenvalue weighted by Gasteiger charge is 2.40. The fourth-order valence-corrected chi connectivity index (χ4v) is 7.34. The van der Waals surface area contributed by atoms with Gasteiger partial charge in [-0.25, -0.2) is 0 Å². The largest absolute Gasteiger partial charge is 0.493 e. The summed E-state index contributed by atoms with van der Waals surface area (Å²) < 4.78 is 8.86. The lowest BCUT2D eigenvalue weighted by atomic mass is 9.77. The van der Waals surface area contributed by atoms with Crippen molar-refractivity contribution >= 4 is 27.4 Å². The summed E-state index contributed by atoms with van der Waals surface area (Å²) in [5.74, 6) is 2.21. The van der Waals surface area contributed by atoms with Crippen molar-refractivity contribution in [3.8, 4) is 23.0 Å². The zero-order valence-corrected chi connectivity index (χ0v) is 23.8. The molecule has 3 aliphatic rings.